The molecule has 3 heteroatoms. The van der Waals surface area contributed by atoms with Gasteiger partial charge in [0.15, 0.2) is 0 Å². The molecule has 1 heterocycles. The highest BCUT2D eigenvalue weighted by atomic mass is 15.3. The molecular formula is C13H29N3. The lowest BCUT2D eigenvalue weighted by molar-refractivity contribution is 0.129. The van der Waals surface area contributed by atoms with Crippen molar-refractivity contribution in [3.63, 3.8) is 0 Å². The molecule has 2 N–H and O–H groups in total. The third-order valence-corrected chi connectivity index (χ3v) is 3.40. The summed E-state index contributed by atoms with van der Waals surface area (Å²) < 4.78 is 0. The van der Waals surface area contributed by atoms with E-state index in [1.165, 1.54) is 52.1 Å². The van der Waals surface area contributed by atoms with Gasteiger partial charge in [0.1, 0.15) is 0 Å². The van der Waals surface area contributed by atoms with E-state index in [0.29, 0.717) is 0 Å². The van der Waals surface area contributed by atoms with E-state index in [-0.39, 0.29) is 0 Å². The van der Waals surface area contributed by atoms with E-state index in [1.54, 1.807) is 0 Å². The maximum Gasteiger partial charge on any atom is 0.0110 e. The standard InChI is InChI=1S/C13H29N3/c1-13(2)5-3-7-15-9-11-16(12-10-15)8-4-6-14/h13H,3-12,14H2,1-2H3. The van der Waals surface area contributed by atoms with Crippen LogP contribution in [-0.2, 0) is 0 Å². The normalized spacial score (nSPS) is 19.5. The summed E-state index contributed by atoms with van der Waals surface area (Å²) >= 11 is 0. The predicted molar refractivity (Wildman–Crippen MR) is 70.6 cm³/mol. The zero-order valence-corrected chi connectivity index (χ0v) is 11.1. The van der Waals surface area contributed by atoms with Gasteiger partial charge < -0.3 is 15.5 Å². The maximum atomic E-state index is 5.53. The Balaban J connectivity index is 2.03. The Morgan fingerprint density at radius 3 is 1.88 bits per heavy atom. The number of hydrogen-bond donors (Lipinski definition) is 1. The Hall–Kier alpha value is -0.120. The molecule has 1 aliphatic rings. The predicted octanol–water partition coefficient (Wildman–Crippen LogP) is 1.39. The molecule has 0 bridgehead atoms. The Morgan fingerprint density at radius 2 is 1.44 bits per heavy atom. The minimum Gasteiger partial charge on any atom is -0.330 e. The molecule has 3 nitrogen and oxygen atoms in total. The van der Waals surface area contributed by atoms with Crippen LogP contribution < -0.4 is 5.73 Å². The average Bonchev–Trinajstić information content (AvgIpc) is 2.27. The molecule has 1 fully saturated rings. The summed E-state index contributed by atoms with van der Waals surface area (Å²) in [6.45, 7) is 12.9. The van der Waals surface area contributed by atoms with E-state index in [1.807, 2.05) is 0 Å². The first-order valence-corrected chi connectivity index (χ1v) is 6.87. The van der Waals surface area contributed by atoms with Crippen LogP contribution in [0.2, 0.25) is 0 Å². The molecule has 0 unspecified atom stereocenters. The fourth-order valence-corrected chi connectivity index (χ4v) is 2.27. The molecule has 0 radical (unpaired) electrons. The minimum atomic E-state index is 0.828. The van der Waals surface area contributed by atoms with Gasteiger partial charge in [0.25, 0.3) is 0 Å². The summed E-state index contributed by atoms with van der Waals surface area (Å²) in [7, 11) is 0. The second-order valence-electron chi connectivity index (χ2n) is 5.36. The third kappa shape index (κ3) is 5.83. The second-order valence-corrected chi connectivity index (χ2v) is 5.36. The summed E-state index contributed by atoms with van der Waals surface area (Å²) in [6, 6.07) is 0. The highest BCUT2D eigenvalue weighted by molar-refractivity contribution is 4.71. The van der Waals surface area contributed by atoms with Crippen LogP contribution >= 0.6 is 0 Å². The van der Waals surface area contributed by atoms with Crippen molar-refractivity contribution in [1.82, 2.24) is 9.80 Å². The highest BCUT2D eigenvalue weighted by Gasteiger charge is 2.15. The van der Waals surface area contributed by atoms with E-state index in [2.05, 4.69) is 23.6 Å². The first kappa shape index (κ1) is 13.9. The molecule has 96 valence electrons. The van der Waals surface area contributed by atoms with E-state index in [0.717, 1.165) is 18.9 Å². The molecule has 16 heavy (non-hydrogen) atoms. The Morgan fingerprint density at radius 1 is 0.938 bits per heavy atom. The summed E-state index contributed by atoms with van der Waals surface area (Å²) in [5.41, 5.74) is 5.53. The topological polar surface area (TPSA) is 32.5 Å². The van der Waals surface area contributed by atoms with E-state index in [4.69, 9.17) is 5.73 Å². The number of rotatable bonds is 7. The van der Waals surface area contributed by atoms with E-state index in [9.17, 15) is 0 Å². The van der Waals surface area contributed by atoms with Gasteiger partial charge in [0.2, 0.25) is 0 Å². The monoisotopic (exact) mass is 227 g/mol. The molecule has 0 aromatic heterocycles. The summed E-state index contributed by atoms with van der Waals surface area (Å²) in [6.07, 6.45) is 3.88. The van der Waals surface area contributed by atoms with Gasteiger partial charge in [0, 0.05) is 26.2 Å². The van der Waals surface area contributed by atoms with Crippen LogP contribution in [0.15, 0.2) is 0 Å². The zero-order valence-electron chi connectivity index (χ0n) is 11.1. The highest BCUT2D eigenvalue weighted by Crippen LogP contribution is 2.07. The van der Waals surface area contributed by atoms with E-state index >= 15 is 0 Å². The number of nitrogens with two attached hydrogens (primary N) is 1. The molecule has 0 atom stereocenters. The molecule has 0 aliphatic carbocycles. The van der Waals surface area contributed by atoms with Crippen LogP contribution in [0.3, 0.4) is 0 Å². The smallest absolute Gasteiger partial charge is 0.0110 e. The average molecular weight is 227 g/mol. The molecule has 0 saturated carbocycles. The number of piperazine rings is 1. The van der Waals surface area contributed by atoms with E-state index < -0.39 is 0 Å². The molecule has 1 saturated heterocycles. The zero-order chi connectivity index (χ0) is 11.8. The fraction of sp³-hybridized carbons (Fsp3) is 1.00. The first-order chi connectivity index (χ1) is 7.72. The molecule has 0 spiro atoms. The van der Waals surface area contributed by atoms with Crippen LogP contribution in [0.4, 0.5) is 0 Å². The fourth-order valence-electron chi connectivity index (χ4n) is 2.27. The van der Waals surface area contributed by atoms with Gasteiger partial charge in [-0.15, -0.1) is 0 Å². The van der Waals surface area contributed by atoms with Crippen LogP contribution in [0, 0.1) is 5.92 Å². The Bertz CT molecular complexity index is 163. The van der Waals surface area contributed by atoms with Crippen molar-refractivity contribution < 1.29 is 0 Å². The van der Waals surface area contributed by atoms with Crippen LogP contribution in [0.1, 0.15) is 33.1 Å². The van der Waals surface area contributed by atoms with Gasteiger partial charge in [-0.3, -0.25) is 0 Å². The maximum absolute atomic E-state index is 5.53. The first-order valence-electron chi connectivity index (χ1n) is 6.87. The van der Waals surface area contributed by atoms with Gasteiger partial charge in [-0.2, -0.15) is 0 Å². The van der Waals surface area contributed by atoms with Gasteiger partial charge in [-0.1, -0.05) is 13.8 Å². The number of nitrogens with zero attached hydrogens (tertiary/aromatic N) is 2. The van der Waals surface area contributed by atoms with Crippen molar-refractivity contribution in [2.75, 3.05) is 45.8 Å². The van der Waals surface area contributed by atoms with Crippen molar-refractivity contribution >= 4 is 0 Å². The Kier molecular flexibility index (Phi) is 7.01. The molecular weight excluding hydrogens is 198 g/mol. The van der Waals surface area contributed by atoms with Crippen LogP contribution in [-0.4, -0.2) is 55.6 Å². The molecule has 1 aliphatic heterocycles. The van der Waals surface area contributed by atoms with Crippen molar-refractivity contribution in [2.45, 2.75) is 33.1 Å². The van der Waals surface area contributed by atoms with Crippen molar-refractivity contribution in [1.29, 1.82) is 0 Å². The van der Waals surface area contributed by atoms with Crippen molar-refractivity contribution in [3.05, 3.63) is 0 Å². The summed E-state index contributed by atoms with van der Waals surface area (Å²) in [4.78, 5) is 5.16. The summed E-state index contributed by atoms with van der Waals surface area (Å²) in [5, 5.41) is 0. The minimum absolute atomic E-state index is 0.828. The molecule has 0 aromatic rings. The lowest BCUT2D eigenvalue weighted by atomic mass is 10.1. The van der Waals surface area contributed by atoms with Gasteiger partial charge in [0.05, 0.1) is 0 Å². The second kappa shape index (κ2) is 8.04. The SMILES string of the molecule is CC(C)CCCN1CCN(CCCN)CC1. The molecule has 0 amide bonds. The lowest BCUT2D eigenvalue weighted by Gasteiger charge is -2.34. The van der Waals surface area contributed by atoms with Gasteiger partial charge >= 0.3 is 0 Å². The van der Waals surface area contributed by atoms with Crippen molar-refractivity contribution in [3.8, 4) is 0 Å². The summed E-state index contributed by atoms with van der Waals surface area (Å²) in [5.74, 6) is 0.853. The third-order valence-electron chi connectivity index (χ3n) is 3.40. The van der Waals surface area contributed by atoms with Gasteiger partial charge in [-0.25, -0.2) is 0 Å². The number of hydrogen-bond acceptors (Lipinski definition) is 3. The van der Waals surface area contributed by atoms with Crippen LogP contribution in [0.25, 0.3) is 0 Å². The molecule has 1 rings (SSSR count). The van der Waals surface area contributed by atoms with Gasteiger partial charge in [-0.05, 0) is 44.8 Å². The lowest BCUT2D eigenvalue weighted by Crippen LogP contribution is -2.47. The van der Waals surface area contributed by atoms with Crippen LogP contribution in [0.5, 0.6) is 0 Å². The molecule has 0 aromatic carbocycles. The van der Waals surface area contributed by atoms with Crippen molar-refractivity contribution in [2.24, 2.45) is 11.7 Å². The largest absolute Gasteiger partial charge is 0.330 e. The Labute approximate surface area is 101 Å². The quantitative estimate of drug-likeness (QED) is 0.713.